The fraction of sp³-hybridized carbons (Fsp3) is 0.429. The molecule has 0 fully saturated rings. The first-order chi connectivity index (χ1) is 9.81. The summed E-state index contributed by atoms with van der Waals surface area (Å²) >= 11 is 0. The van der Waals surface area contributed by atoms with Crippen molar-refractivity contribution in [1.82, 2.24) is 5.32 Å². The van der Waals surface area contributed by atoms with Crippen LogP contribution >= 0.6 is 0 Å². The molecule has 0 heterocycles. The second-order valence-corrected chi connectivity index (χ2v) is 7.37. The van der Waals surface area contributed by atoms with Crippen molar-refractivity contribution in [2.45, 2.75) is 25.7 Å². The van der Waals surface area contributed by atoms with Gasteiger partial charge >= 0.3 is 6.09 Å². The minimum absolute atomic E-state index is 0.0884. The molecule has 1 N–H and O–H groups in total. The molecular weight excluding hydrogens is 294 g/mol. The Balaban J connectivity index is 2.32. The lowest BCUT2D eigenvalue weighted by molar-refractivity contribution is -0.115. The zero-order chi connectivity index (χ0) is 15.9. The average Bonchev–Trinajstić information content (AvgIpc) is 2.43. The number of hydrogen-bond donors (Lipinski definition) is 1. The molecule has 0 aliphatic rings. The maximum Gasteiger partial charge on any atom is 0.407 e. The van der Waals surface area contributed by atoms with Crippen LogP contribution in [0.2, 0.25) is 0 Å². The molecule has 1 aromatic carbocycles. The van der Waals surface area contributed by atoms with Crippen molar-refractivity contribution in [3.63, 3.8) is 0 Å². The highest BCUT2D eigenvalue weighted by molar-refractivity contribution is 7.92. The lowest BCUT2D eigenvalue weighted by atomic mass is 10.2. The summed E-state index contributed by atoms with van der Waals surface area (Å²) in [5.74, 6) is -1.15. The van der Waals surface area contributed by atoms with E-state index in [9.17, 15) is 18.0 Å². The second-order valence-electron chi connectivity index (χ2n) is 4.81. The van der Waals surface area contributed by atoms with E-state index in [1.165, 1.54) is 13.8 Å². The predicted octanol–water partition coefficient (Wildman–Crippen LogP) is 1.31. The number of nitrogens with one attached hydrogen (secondary N) is 1. The van der Waals surface area contributed by atoms with E-state index in [0.29, 0.717) is 0 Å². The largest absolute Gasteiger partial charge is 0.445 e. The van der Waals surface area contributed by atoms with Crippen molar-refractivity contribution < 1.29 is 22.7 Å². The van der Waals surface area contributed by atoms with Crippen molar-refractivity contribution in [3.05, 3.63) is 35.9 Å². The molecule has 0 aliphatic carbocycles. The molecule has 0 radical (unpaired) electrons. The zero-order valence-electron chi connectivity index (χ0n) is 12.0. The van der Waals surface area contributed by atoms with Crippen LogP contribution in [0.25, 0.3) is 0 Å². The lowest BCUT2D eigenvalue weighted by Crippen LogP contribution is -2.34. The molecule has 21 heavy (non-hydrogen) atoms. The maximum atomic E-state index is 11.5. The van der Waals surface area contributed by atoms with Gasteiger partial charge in [-0.25, -0.2) is 13.2 Å². The SMILES string of the molecule is CC(C)S(=O)(=O)CC(=O)CNC(=O)OCc1ccccc1. The van der Waals surface area contributed by atoms with Gasteiger partial charge in [0.1, 0.15) is 12.4 Å². The molecule has 0 saturated carbocycles. The molecule has 6 nitrogen and oxygen atoms in total. The molecule has 7 heteroatoms. The molecule has 1 amide bonds. The predicted molar refractivity (Wildman–Crippen MR) is 78.6 cm³/mol. The lowest BCUT2D eigenvalue weighted by Gasteiger charge is -2.08. The number of Topliss-reactive ketones (excluding diaryl/α,β-unsaturated/α-hetero) is 1. The topological polar surface area (TPSA) is 89.5 Å². The molecule has 116 valence electrons. The van der Waals surface area contributed by atoms with Gasteiger partial charge in [0.05, 0.1) is 11.8 Å². The van der Waals surface area contributed by atoms with E-state index >= 15 is 0 Å². The van der Waals surface area contributed by atoms with Gasteiger partial charge in [0.25, 0.3) is 0 Å². The first kappa shape index (κ1) is 17.2. The van der Waals surface area contributed by atoms with Crippen LogP contribution in [0.4, 0.5) is 4.79 Å². The van der Waals surface area contributed by atoms with E-state index in [2.05, 4.69) is 5.32 Å². The summed E-state index contributed by atoms with van der Waals surface area (Å²) in [7, 11) is -3.44. The Bertz CT molecular complexity index is 581. The number of rotatable bonds is 7. The molecule has 0 atom stereocenters. The standard InChI is InChI=1S/C14H19NO5S/c1-11(2)21(18,19)10-13(16)8-15-14(17)20-9-12-6-4-3-5-7-12/h3-7,11H,8-10H2,1-2H3,(H,15,17). The van der Waals surface area contributed by atoms with E-state index in [0.717, 1.165) is 5.56 Å². The van der Waals surface area contributed by atoms with Gasteiger partial charge in [0.15, 0.2) is 15.6 Å². The molecule has 0 aliphatic heterocycles. The fourth-order valence-corrected chi connectivity index (χ4v) is 2.27. The van der Waals surface area contributed by atoms with E-state index in [-0.39, 0.29) is 13.2 Å². The van der Waals surface area contributed by atoms with Gasteiger partial charge in [-0.1, -0.05) is 30.3 Å². The van der Waals surface area contributed by atoms with Crippen LogP contribution in [0.5, 0.6) is 0 Å². The van der Waals surface area contributed by atoms with Crippen molar-refractivity contribution in [1.29, 1.82) is 0 Å². The van der Waals surface area contributed by atoms with Gasteiger partial charge in [0.2, 0.25) is 0 Å². The summed E-state index contributed by atoms with van der Waals surface area (Å²) in [4.78, 5) is 22.9. The van der Waals surface area contributed by atoms with Crippen LogP contribution in [-0.2, 0) is 26.0 Å². The summed E-state index contributed by atoms with van der Waals surface area (Å²) in [5, 5.41) is 1.62. The monoisotopic (exact) mass is 313 g/mol. The maximum absolute atomic E-state index is 11.5. The summed E-state index contributed by atoms with van der Waals surface area (Å²) in [5.41, 5.74) is 0.821. The number of carbonyl (C=O) groups excluding carboxylic acids is 2. The highest BCUT2D eigenvalue weighted by Crippen LogP contribution is 2.01. The number of alkyl carbamates (subject to hydrolysis) is 1. The average molecular weight is 313 g/mol. The van der Waals surface area contributed by atoms with Gasteiger partial charge in [-0.2, -0.15) is 0 Å². The van der Waals surface area contributed by atoms with Crippen LogP contribution in [0.3, 0.4) is 0 Å². The second kappa shape index (κ2) is 7.78. The third kappa shape index (κ3) is 6.40. The van der Waals surface area contributed by atoms with Crippen LogP contribution in [0.15, 0.2) is 30.3 Å². The normalized spacial score (nSPS) is 11.2. The minimum atomic E-state index is -3.44. The van der Waals surface area contributed by atoms with Gasteiger partial charge in [-0.3, -0.25) is 4.79 Å². The first-order valence-electron chi connectivity index (χ1n) is 6.49. The van der Waals surface area contributed by atoms with Gasteiger partial charge in [-0.15, -0.1) is 0 Å². The van der Waals surface area contributed by atoms with E-state index in [4.69, 9.17) is 4.74 Å². The van der Waals surface area contributed by atoms with Crippen LogP contribution < -0.4 is 5.32 Å². The summed E-state index contributed by atoms with van der Waals surface area (Å²) in [6, 6.07) is 9.08. The van der Waals surface area contributed by atoms with E-state index in [1.807, 2.05) is 18.2 Å². The quantitative estimate of drug-likeness (QED) is 0.819. The van der Waals surface area contributed by atoms with E-state index < -0.39 is 32.7 Å². The molecule has 1 aromatic rings. The van der Waals surface area contributed by atoms with Crippen molar-refractivity contribution in [2.75, 3.05) is 12.3 Å². The summed E-state index contributed by atoms with van der Waals surface area (Å²) < 4.78 is 28.0. The Labute approximate surface area is 124 Å². The Hall–Kier alpha value is -1.89. The molecule has 0 spiro atoms. The van der Waals surface area contributed by atoms with E-state index in [1.54, 1.807) is 12.1 Å². The molecule has 0 unspecified atom stereocenters. The Morgan fingerprint density at radius 1 is 1.19 bits per heavy atom. The number of benzene rings is 1. The Kier molecular flexibility index (Phi) is 6.36. The number of amides is 1. The summed E-state index contributed by atoms with van der Waals surface area (Å²) in [6.07, 6.45) is -0.755. The molecule has 0 saturated heterocycles. The summed E-state index contributed by atoms with van der Waals surface area (Å²) in [6.45, 7) is 2.74. The minimum Gasteiger partial charge on any atom is -0.445 e. The van der Waals surface area contributed by atoms with Crippen molar-refractivity contribution in [3.8, 4) is 0 Å². The van der Waals surface area contributed by atoms with Gasteiger partial charge < -0.3 is 10.1 Å². The fourth-order valence-electron chi connectivity index (χ4n) is 1.39. The molecule has 1 rings (SSSR count). The van der Waals surface area contributed by atoms with Crippen molar-refractivity contribution in [2.24, 2.45) is 0 Å². The highest BCUT2D eigenvalue weighted by Gasteiger charge is 2.20. The Morgan fingerprint density at radius 3 is 2.38 bits per heavy atom. The third-order valence-electron chi connectivity index (χ3n) is 2.72. The molecular formula is C14H19NO5S. The van der Waals surface area contributed by atoms with Gasteiger partial charge in [-0.05, 0) is 19.4 Å². The zero-order valence-corrected chi connectivity index (χ0v) is 12.9. The molecule has 0 bridgehead atoms. The van der Waals surface area contributed by atoms with Crippen LogP contribution in [0, 0.1) is 0 Å². The number of sulfone groups is 1. The number of ether oxygens (including phenoxy) is 1. The number of ketones is 1. The first-order valence-corrected chi connectivity index (χ1v) is 8.20. The smallest absolute Gasteiger partial charge is 0.407 e. The highest BCUT2D eigenvalue weighted by atomic mass is 32.2. The number of hydrogen-bond acceptors (Lipinski definition) is 5. The van der Waals surface area contributed by atoms with Crippen LogP contribution in [-0.4, -0.2) is 37.8 Å². The van der Waals surface area contributed by atoms with Crippen LogP contribution in [0.1, 0.15) is 19.4 Å². The third-order valence-corrected chi connectivity index (χ3v) is 4.88. The van der Waals surface area contributed by atoms with Crippen molar-refractivity contribution >= 4 is 21.7 Å². The number of carbonyl (C=O) groups is 2. The Morgan fingerprint density at radius 2 is 1.81 bits per heavy atom. The molecule has 0 aromatic heterocycles. The van der Waals surface area contributed by atoms with Gasteiger partial charge in [0, 0.05) is 0 Å².